The van der Waals surface area contributed by atoms with Crippen LogP contribution in [-0.4, -0.2) is 19.6 Å². The molecule has 0 heterocycles. The molecular formula is C16H17BrN2O2. The van der Waals surface area contributed by atoms with E-state index >= 15 is 0 Å². The number of methoxy groups -OCH3 is 1. The molecule has 0 unspecified atom stereocenters. The lowest BCUT2D eigenvalue weighted by Gasteiger charge is -2.10. The van der Waals surface area contributed by atoms with Gasteiger partial charge in [0.15, 0.2) is 0 Å². The number of rotatable bonds is 5. The van der Waals surface area contributed by atoms with E-state index in [1.807, 2.05) is 31.2 Å². The number of anilines is 2. The van der Waals surface area contributed by atoms with E-state index in [-0.39, 0.29) is 5.91 Å². The monoisotopic (exact) mass is 348 g/mol. The van der Waals surface area contributed by atoms with Crippen LogP contribution in [-0.2, 0) is 0 Å². The molecule has 0 bridgehead atoms. The maximum atomic E-state index is 12.2. The van der Waals surface area contributed by atoms with Gasteiger partial charge in [0.2, 0.25) is 0 Å². The SMILES string of the molecule is CCNc1ccc(C(=O)Nc2cc(OC)ccc2Br)cc1. The van der Waals surface area contributed by atoms with Crippen LogP contribution in [0.5, 0.6) is 5.75 Å². The number of ether oxygens (including phenoxy) is 1. The molecule has 2 aromatic carbocycles. The number of nitrogens with one attached hydrogen (secondary N) is 2. The van der Waals surface area contributed by atoms with Gasteiger partial charge in [-0.3, -0.25) is 4.79 Å². The fraction of sp³-hybridized carbons (Fsp3) is 0.188. The van der Waals surface area contributed by atoms with Crippen molar-refractivity contribution >= 4 is 33.2 Å². The van der Waals surface area contributed by atoms with Crippen molar-refractivity contribution in [3.8, 4) is 5.75 Å². The summed E-state index contributed by atoms with van der Waals surface area (Å²) in [4.78, 5) is 12.2. The number of benzene rings is 2. The Morgan fingerprint density at radius 1 is 1.19 bits per heavy atom. The summed E-state index contributed by atoms with van der Waals surface area (Å²) >= 11 is 3.41. The van der Waals surface area contributed by atoms with E-state index in [0.717, 1.165) is 16.7 Å². The minimum Gasteiger partial charge on any atom is -0.497 e. The normalized spacial score (nSPS) is 10.0. The van der Waals surface area contributed by atoms with Crippen molar-refractivity contribution < 1.29 is 9.53 Å². The Labute approximate surface area is 132 Å². The van der Waals surface area contributed by atoms with E-state index in [1.165, 1.54) is 0 Å². The van der Waals surface area contributed by atoms with E-state index in [0.29, 0.717) is 17.0 Å². The molecule has 0 aliphatic rings. The van der Waals surface area contributed by atoms with Crippen molar-refractivity contribution in [2.75, 3.05) is 24.3 Å². The van der Waals surface area contributed by atoms with Crippen LogP contribution in [0.1, 0.15) is 17.3 Å². The van der Waals surface area contributed by atoms with Crippen LogP contribution in [0.3, 0.4) is 0 Å². The van der Waals surface area contributed by atoms with E-state index in [2.05, 4.69) is 26.6 Å². The Morgan fingerprint density at radius 3 is 2.52 bits per heavy atom. The topological polar surface area (TPSA) is 50.4 Å². The quantitative estimate of drug-likeness (QED) is 0.853. The molecule has 0 atom stereocenters. The third-order valence-electron chi connectivity index (χ3n) is 2.95. The van der Waals surface area contributed by atoms with Crippen LogP contribution < -0.4 is 15.4 Å². The summed E-state index contributed by atoms with van der Waals surface area (Å²) in [6.07, 6.45) is 0. The van der Waals surface area contributed by atoms with Gasteiger partial charge in [0.05, 0.1) is 12.8 Å². The molecule has 5 heteroatoms. The highest BCUT2D eigenvalue weighted by molar-refractivity contribution is 9.10. The Kier molecular flexibility index (Phi) is 5.22. The highest BCUT2D eigenvalue weighted by Crippen LogP contribution is 2.27. The second-order valence-corrected chi connectivity index (χ2v) is 5.26. The maximum Gasteiger partial charge on any atom is 0.255 e. The first-order valence-electron chi connectivity index (χ1n) is 6.63. The summed E-state index contributed by atoms with van der Waals surface area (Å²) < 4.78 is 5.97. The molecular weight excluding hydrogens is 332 g/mol. The number of hydrogen-bond donors (Lipinski definition) is 2. The second kappa shape index (κ2) is 7.13. The van der Waals surface area contributed by atoms with Crippen molar-refractivity contribution in [2.45, 2.75) is 6.92 Å². The molecule has 2 aromatic rings. The highest BCUT2D eigenvalue weighted by atomic mass is 79.9. The number of carbonyl (C=O) groups is 1. The first kappa shape index (κ1) is 15.4. The molecule has 0 aliphatic carbocycles. The second-order valence-electron chi connectivity index (χ2n) is 4.41. The van der Waals surface area contributed by atoms with E-state index in [1.54, 1.807) is 25.3 Å². The zero-order valence-corrected chi connectivity index (χ0v) is 13.5. The predicted molar refractivity (Wildman–Crippen MR) is 89.3 cm³/mol. The van der Waals surface area contributed by atoms with E-state index in [9.17, 15) is 4.79 Å². The maximum absolute atomic E-state index is 12.2. The van der Waals surface area contributed by atoms with Gasteiger partial charge in [-0.2, -0.15) is 0 Å². The number of carbonyl (C=O) groups excluding carboxylic acids is 1. The first-order valence-corrected chi connectivity index (χ1v) is 7.42. The highest BCUT2D eigenvalue weighted by Gasteiger charge is 2.09. The Hall–Kier alpha value is -2.01. The van der Waals surface area contributed by atoms with Crippen LogP contribution in [0, 0.1) is 0 Å². The largest absolute Gasteiger partial charge is 0.497 e. The van der Waals surface area contributed by atoms with Crippen molar-refractivity contribution in [3.63, 3.8) is 0 Å². The van der Waals surface area contributed by atoms with Gasteiger partial charge in [0.25, 0.3) is 5.91 Å². The molecule has 0 saturated heterocycles. The number of halogens is 1. The third-order valence-corrected chi connectivity index (χ3v) is 3.64. The van der Waals surface area contributed by atoms with Crippen LogP contribution in [0.25, 0.3) is 0 Å². The smallest absolute Gasteiger partial charge is 0.255 e. The zero-order chi connectivity index (χ0) is 15.2. The van der Waals surface area contributed by atoms with E-state index < -0.39 is 0 Å². The third kappa shape index (κ3) is 3.98. The summed E-state index contributed by atoms with van der Waals surface area (Å²) in [6.45, 7) is 2.88. The molecule has 21 heavy (non-hydrogen) atoms. The average molecular weight is 349 g/mol. The summed E-state index contributed by atoms with van der Waals surface area (Å²) in [5, 5.41) is 6.06. The van der Waals surface area contributed by atoms with Crippen molar-refractivity contribution in [3.05, 3.63) is 52.5 Å². The van der Waals surface area contributed by atoms with Gasteiger partial charge in [0, 0.05) is 28.3 Å². The van der Waals surface area contributed by atoms with Crippen molar-refractivity contribution in [2.24, 2.45) is 0 Å². The van der Waals surface area contributed by atoms with Crippen LogP contribution >= 0.6 is 15.9 Å². The van der Waals surface area contributed by atoms with Crippen LogP contribution in [0.2, 0.25) is 0 Å². The van der Waals surface area contributed by atoms with Gasteiger partial charge >= 0.3 is 0 Å². The van der Waals surface area contributed by atoms with Gasteiger partial charge in [-0.15, -0.1) is 0 Å². The predicted octanol–water partition coefficient (Wildman–Crippen LogP) is 4.14. The molecule has 0 aliphatic heterocycles. The van der Waals surface area contributed by atoms with Crippen LogP contribution in [0.4, 0.5) is 11.4 Å². The number of hydrogen-bond acceptors (Lipinski definition) is 3. The van der Waals surface area contributed by atoms with Crippen molar-refractivity contribution in [1.29, 1.82) is 0 Å². The Balaban J connectivity index is 2.14. The molecule has 110 valence electrons. The standard InChI is InChI=1S/C16H17BrN2O2/c1-3-18-12-6-4-11(5-7-12)16(20)19-15-10-13(21-2)8-9-14(15)17/h4-10,18H,3H2,1-2H3,(H,19,20). The fourth-order valence-electron chi connectivity index (χ4n) is 1.87. The zero-order valence-electron chi connectivity index (χ0n) is 11.9. The minimum atomic E-state index is -0.160. The summed E-state index contributed by atoms with van der Waals surface area (Å²) in [6, 6.07) is 12.8. The molecule has 0 saturated carbocycles. The van der Waals surface area contributed by atoms with Gasteiger partial charge < -0.3 is 15.4 Å². The average Bonchev–Trinajstić information content (AvgIpc) is 2.50. The fourth-order valence-corrected chi connectivity index (χ4v) is 2.21. The van der Waals surface area contributed by atoms with E-state index in [4.69, 9.17) is 4.74 Å². The lowest BCUT2D eigenvalue weighted by atomic mass is 10.2. The van der Waals surface area contributed by atoms with Crippen LogP contribution in [0.15, 0.2) is 46.9 Å². The summed E-state index contributed by atoms with van der Waals surface area (Å²) in [7, 11) is 1.59. The first-order chi connectivity index (χ1) is 10.1. The number of amides is 1. The van der Waals surface area contributed by atoms with Gasteiger partial charge in [-0.1, -0.05) is 0 Å². The Bertz CT molecular complexity index is 627. The molecule has 0 spiro atoms. The molecule has 0 fully saturated rings. The molecule has 0 radical (unpaired) electrons. The molecule has 2 rings (SSSR count). The molecule has 1 amide bonds. The van der Waals surface area contributed by atoms with Gasteiger partial charge in [-0.05, 0) is 59.3 Å². The van der Waals surface area contributed by atoms with Gasteiger partial charge in [0.1, 0.15) is 5.75 Å². The van der Waals surface area contributed by atoms with Crippen molar-refractivity contribution in [1.82, 2.24) is 0 Å². The molecule has 4 nitrogen and oxygen atoms in total. The lowest BCUT2D eigenvalue weighted by Crippen LogP contribution is -2.12. The lowest BCUT2D eigenvalue weighted by molar-refractivity contribution is 0.102. The van der Waals surface area contributed by atoms with Gasteiger partial charge in [-0.25, -0.2) is 0 Å². The Morgan fingerprint density at radius 2 is 1.90 bits per heavy atom. The minimum absolute atomic E-state index is 0.160. The summed E-state index contributed by atoms with van der Waals surface area (Å²) in [5.41, 5.74) is 2.28. The molecule has 2 N–H and O–H groups in total. The molecule has 0 aromatic heterocycles. The summed E-state index contributed by atoms with van der Waals surface area (Å²) in [5.74, 6) is 0.531.